The van der Waals surface area contributed by atoms with Crippen molar-refractivity contribution < 1.29 is 0 Å². The highest BCUT2D eigenvalue weighted by atomic mass is 79.9. The van der Waals surface area contributed by atoms with Crippen molar-refractivity contribution in [3.8, 4) is 0 Å². The van der Waals surface area contributed by atoms with Gasteiger partial charge in [-0.2, -0.15) is 0 Å². The summed E-state index contributed by atoms with van der Waals surface area (Å²) in [5.41, 5.74) is 2.80. The van der Waals surface area contributed by atoms with Crippen molar-refractivity contribution in [3.05, 3.63) is 28.2 Å². The summed E-state index contributed by atoms with van der Waals surface area (Å²) in [4.78, 5) is 2.48. The van der Waals surface area contributed by atoms with E-state index in [0.717, 1.165) is 6.42 Å². The van der Waals surface area contributed by atoms with Crippen molar-refractivity contribution in [2.75, 3.05) is 18.0 Å². The number of anilines is 1. The summed E-state index contributed by atoms with van der Waals surface area (Å²) in [6.07, 6.45) is 3.79. The summed E-state index contributed by atoms with van der Waals surface area (Å²) in [6.45, 7) is 4.66. The number of halogens is 1. The van der Waals surface area contributed by atoms with E-state index in [9.17, 15) is 0 Å². The molecule has 1 aliphatic rings. The Labute approximate surface area is 94.2 Å². The lowest BCUT2D eigenvalue weighted by Crippen LogP contribution is -2.17. The molecule has 1 aliphatic heterocycles. The molecule has 0 radical (unpaired) electrons. The van der Waals surface area contributed by atoms with Crippen LogP contribution in [0, 0.1) is 0 Å². The molecule has 14 heavy (non-hydrogen) atoms. The Bertz CT molecular complexity index is 316. The Morgan fingerprint density at radius 1 is 1.29 bits per heavy atom. The number of aryl methyl sites for hydroxylation is 1. The number of hydrogen-bond donors (Lipinski definition) is 0. The van der Waals surface area contributed by atoms with Gasteiger partial charge in [-0.05, 0) is 43.0 Å². The molecule has 1 aromatic carbocycles. The topological polar surface area (TPSA) is 3.24 Å². The fourth-order valence-electron chi connectivity index (χ4n) is 2.00. The fourth-order valence-corrected chi connectivity index (χ4v) is 2.53. The molecule has 1 nitrogen and oxygen atoms in total. The molecule has 0 spiro atoms. The Morgan fingerprint density at radius 2 is 2.00 bits per heavy atom. The van der Waals surface area contributed by atoms with Crippen LogP contribution in [0.1, 0.15) is 25.3 Å². The van der Waals surface area contributed by atoms with Crippen LogP contribution in [0.5, 0.6) is 0 Å². The molecule has 2 rings (SSSR count). The Kier molecular flexibility index (Phi) is 3.12. The van der Waals surface area contributed by atoms with Gasteiger partial charge < -0.3 is 4.90 Å². The molecule has 0 N–H and O–H groups in total. The average Bonchev–Trinajstić information content (AvgIpc) is 2.71. The SMILES string of the molecule is CCc1cc(N2CCCC2)ccc1Br. The summed E-state index contributed by atoms with van der Waals surface area (Å²) >= 11 is 3.58. The number of hydrogen-bond acceptors (Lipinski definition) is 1. The predicted molar refractivity (Wildman–Crippen MR) is 65.0 cm³/mol. The second kappa shape index (κ2) is 4.35. The summed E-state index contributed by atoms with van der Waals surface area (Å²) in [5, 5.41) is 0. The maximum atomic E-state index is 3.58. The van der Waals surface area contributed by atoms with Gasteiger partial charge in [0.05, 0.1) is 0 Å². The molecule has 0 unspecified atom stereocenters. The normalized spacial score (nSPS) is 16.3. The maximum absolute atomic E-state index is 3.58. The van der Waals surface area contributed by atoms with Crippen molar-refractivity contribution in [3.63, 3.8) is 0 Å². The molecule has 0 bridgehead atoms. The standard InChI is InChI=1S/C12H16BrN/c1-2-10-9-11(5-6-12(10)13)14-7-3-4-8-14/h5-6,9H,2-4,7-8H2,1H3. The first-order valence-corrected chi connectivity index (χ1v) is 6.14. The van der Waals surface area contributed by atoms with Crippen molar-refractivity contribution in [2.45, 2.75) is 26.2 Å². The average molecular weight is 254 g/mol. The molecule has 1 aromatic rings. The van der Waals surface area contributed by atoms with Crippen LogP contribution in [-0.4, -0.2) is 13.1 Å². The third kappa shape index (κ3) is 1.95. The molecule has 76 valence electrons. The van der Waals surface area contributed by atoms with Crippen molar-refractivity contribution in [1.29, 1.82) is 0 Å². The smallest absolute Gasteiger partial charge is 0.0369 e. The van der Waals surface area contributed by atoms with E-state index >= 15 is 0 Å². The molecule has 2 heteroatoms. The second-order valence-corrected chi connectivity index (χ2v) is 4.68. The fraction of sp³-hybridized carbons (Fsp3) is 0.500. The third-order valence-electron chi connectivity index (χ3n) is 2.88. The highest BCUT2D eigenvalue weighted by Crippen LogP contribution is 2.26. The quantitative estimate of drug-likeness (QED) is 0.779. The monoisotopic (exact) mass is 253 g/mol. The van der Waals surface area contributed by atoms with E-state index in [4.69, 9.17) is 0 Å². The van der Waals surface area contributed by atoms with E-state index in [1.165, 1.54) is 41.7 Å². The van der Waals surface area contributed by atoms with Crippen LogP contribution in [0.25, 0.3) is 0 Å². The highest BCUT2D eigenvalue weighted by Gasteiger charge is 2.12. The third-order valence-corrected chi connectivity index (χ3v) is 3.66. The van der Waals surface area contributed by atoms with Crippen molar-refractivity contribution >= 4 is 21.6 Å². The van der Waals surface area contributed by atoms with Crippen LogP contribution in [0.2, 0.25) is 0 Å². The molecule has 0 aromatic heterocycles. The van der Waals surface area contributed by atoms with Crippen LogP contribution in [-0.2, 0) is 6.42 Å². The lowest BCUT2D eigenvalue weighted by Gasteiger charge is -2.18. The Hall–Kier alpha value is -0.500. The first kappa shape index (κ1) is 10.0. The van der Waals surface area contributed by atoms with Gasteiger partial charge in [0, 0.05) is 23.2 Å². The van der Waals surface area contributed by atoms with Crippen LogP contribution in [0.15, 0.2) is 22.7 Å². The minimum atomic E-state index is 1.10. The van der Waals surface area contributed by atoms with Gasteiger partial charge in [0.2, 0.25) is 0 Å². The predicted octanol–water partition coefficient (Wildman–Crippen LogP) is 3.61. The zero-order valence-corrected chi connectivity index (χ0v) is 10.2. The van der Waals surface area contributed by atoms with Gasteiger partial charge in [0.1, 0.15) is 0 Å². The molecule has 0 atom stereocenters. The van der Waals surface area contributed by atoms with Crippen LogP contribution in [0.4, 0.5) is 5.69 Å². The molecule has 1 heterocycles. The summed E-state index contributed by atoms with van der Waals surface area (Å²) in [5.74, 6) is 0. The highest BCUT2D eigenvalue weighted by molar-refractivity contribution is 9.10. The van der Waals surface area contributed by atoms with Gasteiger partial charge in [-0.1, -0.05) is 22.9 Å². The Morgan fingerprint density at radius 3 is 2.64 bits per heavy atom. The number of rotatable bonds is 2. The van der Waals surface area contributed by atoms with Gasteiger partial charge in [-0.3, -0.25) is 0 Å². The molecule has 1 fully saturated rings. The molecular formula is C12H16BrN. The van der Waals surface area contributed by atoms with Crippen molar-refractivity contribution in [2.24, 2.45) is 0 Å². The first-order chi connectivity index (χ1) is 6.81. The van der Waals surface area contributed by atoms with Gasteiger partial charge in [0.25, 0.3) is 0 Å². The van der Waals surface area contributed by atoms with E-state index < -0.39 is 0 Å². The maximum Gasteiger partial charge on any atom is 0.0369 e. The minimum absolute atomic E-state index is 1.10. The number of nitrogens with zero attached hydrogens (tertiary/aromatic N) is 1. The van der Waals surface area contributed by atoms with Crippen LogP contribution >= 0.6 is 15.9 Å². The van der Waals surface area contributed by atoms with Gasteiger partial charge in [-0.15, -0.1) is 0 Å². The van der Waals surface area contributed by atoms with Gasteiger partial charge in [-0.25, -0.2) is 0 Å². The summed E-state index contributed by atoms with van der Waals surface area (Å²) in [6, 6.07) is 6.70. The molecule has 0 amide bonds. The first-order valence-electron chi connectivity index (χ1n) is 5.34. The zero-order chi connectivity index (χ0) is 9.97. The largest absolute Gasteiger partial charge is 0.372 e. The van der Waals surface area contributed by atoms with Crippen molar-refractivity contribution in [1.82, 2.24) is 0 Å². The minimum Gasteiger partial charge on any atom is -0.372 e. The molecule has 1 saturated heterocycles. The van der Waals surface area contributed by atoms with Crippen LogP contribution < -0.4 is 4.90 Å². The Balaban J connectivity index is 2.25. The second-order valence-electron chi connectivity index (χ2n) is 3.82. The van der Waals surface area contributed by atoms with Crippen LogP contribution in [0.3, 0.4) is 0 Å². The summed E-state index contributed by atoms with van der Waals surface area (Å²) < 4.78 is 1.24. The van der Waals surface area contributed by atoms with Gasteiger partial charge in [0.15, 0.2) is 0 Å². The molecular weight excluding hydrogens is 238 g/mol. The van der Waals surface area contributed by atoms with E-state index in [0.29, 0.717) is 0 Å². The molecule has 0 aliphatic carbocycles. The van der Waals surface area contributed by atoms with E-state index in [1.807, 2.05) is 0 Å². The zero-order valence-electron chi connectivity index (χ0n) is 8.59. The van der Waals surface area contributed by atoms with E-state index in [-0.39, 0.29) is 0 Å². The lowest BCUT2D eigenvalue weighted by atomic mass is 10.1. The lowest BCUT2D eigenvalue weighted by molar-refractivity contribution is 0.949. The van der Waals surface area contributed by atoms with E-state index in [1.54, 1.807) is 0 Å². The van der Waals surface area contributed by atoms with Gasteiger partial charge >= 0.3 is 0 Å². The molecule has 0 saturated carbocycles. The van der Waals surface area contributed by atoms with E-state index in [2.05, 4.69) is 46.0 Å². The summed E-state index contributed by atoms with van der Waals surface area (Å²) in [7, 11) is 0. The number of benzene rings is 1.